The molecular formula is C10H19NO4. The fourth-order valence-corrected chi connectivity index (χ4v) is 1.45. The minimum atomic E-state index is -0.818. The predicted octanol–water partition coefficient (Wildman–Crippen LogP) is -0.337. The molecular weight excluding hydrogens is 198 g/mol. The smallest absolute Gasteiger partial charge is 0.323 e. The van der Waals surface area contributed by atoms with E-state index < -0.39 is 23.7 Å². The summed E-state index contributed by atoms with van der Waals surface area (Å²) in [7, 11) is 0. The van der Waals surface area contributed by atoms with E-state index in [-0.39, 0.29) is 12.5 Å². The van der Waals surface area contributed by atoms with Crippen LogP contribution in [0, 0.1) is 5.92 Å². The van der Waals surface area contributed by atoms with Crippen LogP contribution < -0.4 is 5.73 Å². The van der Waals surface area contributed by atoms with Gasteiger partial charge in [-0.2, -0.15) is 0 Å². The minimum absolute atomic E-state index is 0.237. The van der Waals surface area contributed by atoms with Crippen LogP contribution in [0.2, 0.25) is 0 Å². The highest BCUT2D eigenvalue weighted by molar-refractivity contribution is 5.76. The molecule has 88 valence electrons. The molecule has 3 N–H and O–H groups in total. The molecule has 0 saturated carbocycles. The van der Waals surface area contributed by atoms with Gasteiger partial charge < -0.3 is 20.3 Å². The van der Waals surface area contributed by atoms with Crippen LogP contribution in [0.1, 0.15) is 20.8 Å². The molecule has 1 aliphatic rings. The summed E-state index contributed by atoms with van der Waals surface area (Å²) in [6, 6.07) is -0.818. The van der Waals surface area contributed by atoms with E-state index in [9.17, 15) is 9.90 Å². The van der Waals surface area contributed by atoms with Crippen molar-refractivity contribution in [3.8, 4) is 0 Å². The third kappa shape index (κ3) is 3.44. The van der Waals surface area contributed by atoms with Crippen molar-refractivity contribution in [2.75, 3.05) is 13.2 Å². The van der Waals surface area contributed by atoms with E-state index in [4.69, 9.17) is 15.2 Å². The zero-order valence-corrected chi connectivity index (χ0v) is 9.40. The van der Waals surface area contributed by atoms with Crippen molar-refractivity contribution in [3.63, 3.8) is 0 Å². The van der Waals surface area contributed by atoms with Crippen molar-refractivity contribution < 1.29 is 19.4 Å². The average molecular weight is 217 g/mol. The number of aliphatic hydroxyl groups excluding tert-OH is 1. The lowest BCUT2D eigenvalue weighted by Crippen LogP contribution is -2.46. The molecule has 0 radical (unpaired) electrons. The van der Waals surface area contributed by atoms with Crippen LogP contribution in [0.3, 0.4) is 0 Å². The van der Waals surface area contributed by atoms with Crippen molar-refractivity contribution in [1.29, 1.82) is 0 Å². The van der Waals surface area contributed by atoms with Gasteiger partial charge in [0.05, 0.1) is 19.3 Å². The monoisotopic (exact) mass is 217 g/mol. The van der Waals surface area contributed by atoms with Crippen molar-refractivity contribution >= 4 is 5.97 Å². The van der Waals surface area contributed by atoms with Crippen LogP contribution in [-0.2, 0) is 14.3 Å². The molecule has 1 aliphatic heterocycles. The van der Waals surface area contributed by atoms with Gasteiger partial charge in [0.25, 0.3) is 0 Å². The lowest BCUT2D eigenvalue weighted by atomic mass is 9.97. The van der Waals surface area contributed by atoms with Crippen LogP contribution in [0.25, 0.3) is 0 Å². The quantitative estimate of drug-likeness (QED) is 0.618. The zero-order chi connectivity index (χ0) is 11.6. The summed E-state index contributed by atoms with van der Waals surface area (Å²) < 4.78 is 10.2. The Labute approximate surface area is 89.5 Å². The summed E-state index contributed by atoms with van der Waals surface area (Å²) in [6.07, 6.45) is -0.674. The first-order valence-electron chi connectivity index (χ1n) is 5.05. The number of carbonyl (C=O) groups excluding carboxylic acids is 1. The Morgan fingerprint density at radius 2 is 2.13 bits per heavy atom. The fraction of sp³-hybridized carbons (Fsp3) is 0.900. The summed E-state index contributed by atoms with van der Waals surface area (Å²) in [5.41, 5.74) is 5.15. The lowest BCUT2D eigenvalue weighted by Gasteiger charge is -2.25. The highest BCUT2D eigenvalue weighted by Gasteiger charge is 2.37. The number of aliphatic hydroxyl groups is 1. The maximum absolute atomic E-state index is 11.6. The SMILES string of the molecule is CC(C)(C)OC(=O)[C@@H](N)[C@@H]1COC[C@H]1O. The normalized spacial score (nSPS) is 28.9. The van der Waals surface area contributed by atoms with Gasteiger partial charge in [0, 0.05) is 5.92 Å². The number of hydrogen-bond donors (Lipinski definition) is 2. The second-order valence-corrected chi connectivity index (χ2v) is 4.83. The summed E-state index contributed by atoms with van der Waals surface area (Å²) in [4.78, 5) is 11.6. The molecule has 0 bridgehead atoms. The van der Waals surface area contributed by atoms with Gasteiger partial charge >= 0.3 is 5.97 Å². The molecule has 1 saturated heterocycles. The first-order chi connectivity index (χ1) is 6.81. The maximum Gasteiger partial charge on any atom is 0.323 e. The van der Waals surface area contributed by atoms with Gasteiger partial charge in [0.1, 0.15) is 11.6 Å². The first-order valence-corrected chi connectivity index (χ1v) is 5.05. The van der Waals surface area contributed by atoms with E-state index in [1.54, 1.807) is 20.8 Å². The molecule has 1 heterocycles. The van der Waals surface area contributed by atoms with Crippen LogP contribution in [-0.4, -0.2) is 42.0 Å². The van der Waals surface area contributed by atoms with E-state index in [0.717, 1.165) is 0 Å². The van der Waals surface area contributed by atoms with Crippen LogP contribution in [0.15, 0.2) is 0 Å². The second kappa shape index (κ2) is 4.47. The van der Waals surface area contributed by atoms with Gasteiger partial charge in [-0.05, 0) is 20.8 Å². The van der Waals surface area contributed by atoms with Crippen molar-refractivity contribution in [2.45, 2.75) is 38.5 Å². The Hall–Kier alpha value is -0.650. The Morgan fingerprint density at radius 3 is 2.53 bits per heavy atom. The Balaban J connectivity index is 2.52. The second-order valence-electron chi connectivity index (χ2n) is 4.83. The van der Waals surface area contributed by atoms with E-state index in [1.165, 1.54) is 0 Å². The number of nitrogens with two attached hydrogens (primary N) is 1. The van der Waals surface area contributed by atoms with Crippen molar-refractivity contribution in [2.24, 2.45) is 11.7 Å². The van der Waals surface area contributed by atoms with E-state index in [1.807, 2.05) is 0 Å². The zero-order valence-electron chi connectivity index (χ0n) is 9.40. The average Bonchev–Trinajstić information content (AvgIpc) is 2.47. The van der Waals surface area contributed by atoms with Crippen LogP contribution in [0.5, 0.6) is 0 Å². The molecule has 0 aromatic heterocycles. The molecule has 15 heavy (non-hydrogen) atoms. The summed E-state index contributed by atoms with van der Waals surface area (Å²) in [5.74, 6) is -0.850. The highest BCUT2D eigenvalue weighted by Crippen LogP contribution is 2.19. The summed E-state index contributed by atoms with van der Waals surface area (Å²) in [5, 5.41) is 9.49. The largest absolute Gasteiger partial charge is 0.459 e. The van der Waals surface area contributed by atoms with E-state index >= 15 is 0 Å². The van der Waals surface area contributed by atoms with Gasteiger partial charge in [-0.3, -0.25) is 4.79 Å². The maximum atomic E-state index is 11.6. The molecule has 0 aliphatic carbocycles. The van der Waals surface area contributed by atoms with Gasteiger partial charge in [-0.1, -0.05) is 0 Å². The number of ether oxygens (including phenoxy) is 2. The van der Waals surface area contributed by atoms with Gasteiger partial charge in [0.15, 0.2) is 0 Å². The minimum Gasteiger partial charge on any atom is -0.459 e. The third-order valence-electron chi connectivity index (χ3n) is 2.23. The standard InChI is InChI=1S/C10H19NO4/c1-10(2,3)15-9(13)8(11)6-4-14-5-7(6)12/h6-8,12H,4-5,11H2,1-3H3/t6-,7-,8+/m1/s1. The van der Waals surface area contributed by atoms with Crippen molar-refractivity contribution in [1.82, 2.24) is 0 Å². The van der Waals surface area contributed by atoms with Crippen molar-refractivity contribution in [3.05, 3.63) is 0 Å². The lowest BCUT2D eigenvalue weighted by molar-refractivity contribution is -0.158. The Kier molecular flexibility index (Phi) is 3.70. The molecule has 0 spiro atoms. The number of esters is 1. The molecule has 1 fully saturated rings. The summed E-state index contributed by atoms with van der Waals surface area (Å²) in [6.45, 7) is 5.88. The van der Waals surface area contributed by atoms with Gasteiger partial charge in [-0.15, -0.1) is 0 Å². The number of carbonyl (C=O) groups is 1. The molecule has 0 amide bonds. The Bertz CT molecular complexity index is 236. The molecule has 0 aromatic carbocycles. The molecule has 1 rings (SSSR count). The third-order valence-corrected chi connectivity index (χ3v) is 2.23. The topological polar surface area (TPSA) is 81.8 Å². The summed E-state index contributed by atoms with van der Waals surface area (Å²) >= 11 is 0. The molecule has 0 unspecified atom stereocenters. The molecule has 5 nitrogen and oxygen atoms in total. The van der Waals surface area contributed by atoms with Crippen LogP contribution >= 0.6 is 0 Å². The molecule has 0 aromatic rings. The molecule has 5 heteroatoms. The first kappa shape index (κ1) is 12.4. The highest BCUT2D eigenvalue weighted by atomic mass is 16.6. The number of rotatable bonds is 2. The fourth-order valence-electron chi connectivity index (χ4n) is 1.45. The Morgan fingerprint density at radius 1 is 1.53 bits per heavy atom. The number of hydrogen-bond acceptors (Lipinski definition) is 5. The van der Waals surface area contributed by atoms with Gasteiger partial charge in [-0.25, -0.2) is 0 Å². The predicted molar refractivity (Wildman–Crippen MR) is 54.1 cm³/mol. The van der Waals surface area contributed by atoms with Gasteiger partial charge in [0.2, 0.25) is 0 Å². The van der Waals surface area contributed by atoms with E-state index in [2.05, 4.69) is 0 Å². The molecule has 3 atom stereocenters. The van der Waals surface area contributed by atoms with E-state index in [0.29, 0.717) is 6.61 Å². The van der Waals surface area contributed by atoms with Crippen LogP contribution in [0.4, 0.5) is 0 Å².